The fourth-order valence-corrected chi connectivity index (χ4v) is 3.28. The van der Waals surface area contributed by atoms with Crippen LogP contribution in [0.4, 0.5) is 0 Å². The molecular formula is C23H20N2O2. The van der Waals surface area contributed by atoms with Crippen molar-refractivity contribution in [2.45, 2.75) is 20.4 Å². The summed E-state index contributed by atoms with van der Waals surface area (Å²) in [7, 11) is 0. The van der Waals surface area contributed by atoms with Crippen LogP contribution in [0.5, 0.6) is 0 Å². The van der Waals surface area contributed by atoms with Gasteiger partial charge in [0, 0.05) is 10.9 Å². The van der Waals surface area contributed by atoms with Crippen LogP contribution in [0.1, 0.15) is 27.2 Å². The molecule has 134 valence electrons. The van der Waals surface area contributed by atoms with E-state index in [1.165, 1.54) is 5.56 Å². The Hall–Kier alpha value is -3.40. The van der Waals surface area contributed by atoms with Crippen LogP contribution in [0.3, 0.4) is 0 Å². The molecular weight excluding hydrogens is 336 g/mol. The molecule has 4 nitrogen and oxygen atoms in total. The molecule has 2 heterocycles. The Bertz CT molecular complexity index is 1110. The molecule has 0 aliphatic rings. The molecule has 4 heteroatoms. The topological polar surface area (TPSA) is 55.1 Å². The summed E-state index contributed by atoms with van der Waals surface area (Å²) in [4.78, 5) is 17.7. The Morgan fingerprint density at radius 3 is 2.67 bits per heavy atom. The number of carbonyl (C=O) groups is 1. The van der Waals surface area contributed by atoms with Gasteiger partial charge >= 0.3 is 0 Å². The Labute approximate surface area is 157 Å². The van der Waals surface area contributed by atoms with Gasteiger partial charge in [-0.25, -0.2) is 4.98 Å². The highest BCUT2D eigenvalue weighted by molar-refractivity contribution is 6.07. The van der Waals surface area contributed by atoms with Gasteiger partial charge in [-0.05, 0) is 43.7 Å². The maximum atomic E-state index is 12.9. The minimum absolute atomic E-state index is 0.143. The number of aromatic nitrogens is 1. The summed E-state index contributed by atoms with van der Waals surface area (Å²) in [5, 5.41) is 3.77. The number of benzene rings is 2. The van der Waals surface area contributed by atoms with E-state index in [1.54, 1.807) is 6.26 Å². The maximum Gasteiger partial charge on any atom is 0.252 e. The van der Waals surface area contributed by atoms with E-state index >= 15 is 0 Å². The summed E-state index contributed by atoms with van der Waals surface area (Å²) in [5.74, 6) is 0.576. The van der Waals surface area contributed by atoms with Crippen LogP contribution in [0.2, 0.25) is 0 Å². The Balaban J connectivity index is 1.77. The lowest BCUT2D eigenvalue weighted by molar-refractivity contribution is 0.0949. The number of hydrogen-bond acceptors (Lipinski definition) is 3. The summed E-state index contributed by atoms with van der Waals surface area (Å²) < 4.78 is 5.30. The van der Waals surface area contributed by atoms with E-state index in [9.17, 15) is 4.79 Å². The van der Waals surface area contributed by atoms with Crippen molar-refractivity contribution in [1.82, 2.24) is 10.3 Å². The maximum absolute atomic E-state index is 12.9. The van der Waals surface area contributed by atoms with Gasteiger partial charge in [-0.3, -0.25) is 4.79 Å². The Morgan fingerprint density at radius 1 is 1.04 bits per heavy atom. The zero-order valence-corrected chi connectivity index (χ0v) is 15.3. The first-order chi connectivity index (χ1) is 13.1. The van der Waals surface area contributed by atoms with E-state index in [-0.39, 0.29) is 5.91 Å². The number of aryl methyl sites for hydroxylation is 2. The number of nitrogens with one attached hydrogen (secondary N) is 1. The average Bonchev–Trinajstić information content (AvgIpc) is 3.19. The summed E-state index contributed by atoms with van der Waals surface area (Å²) in [5.41, 5.74) is 5.59. The number of rotatable bonds is 4. The van der Waals surface area contributed by atoms with Crippen molar-refractivity contribution in [3.05, 3.63) is 89.4 Å². The highest BCUT2D eigenvalue weighted by Gasteiger charge is 2.15. The number of carbonyl (C=O) groups excluding carboxylic acids is 1. The highest BCUT2D eigenvalue weighted by Crippen LogP contribution is 2.27. The van der Waals surface area contributed by atoms with E-state index in [2.05, 4.69) is 37.4 Å². The summed E-state index contributed by atoms with van der Waals surface area (Å²) in [6, 6.07) is 19.5. The lowest BCUT2D eigenvalue weighted by Crippen LogP contribution is -2.23. The van der Waals surface area contributed by atoms with E-state index in [1.807, 2.05) is 42.5 Å². The van der Waals surface area contributed by atoms with E-state index in [4.69, 9.17) is 9.40 Å². The van der Waals surface area contributed by atoms with Crippen LogP contribution >= 0.6 is 0 Å². The van der Waals surface area contributed by atoms with Crippen molar-refractivity contribution < 1.29 is 9.21 Å². The van der Waals surface area contributed by atoms with Crippen LogP contribution < -0.4 is 5.32 Å². The first-order valence-electron chi connectivity index (χ1n) is 8.90. The molecule has 0 saturated heterocycles. The van der Waals surface area contributed by atoms with Gasteiger partial charge in [0.05, 0.1) is 29.6 Å². The highest BCUT2D eigenvalue weighted by atomic mass is 16.3. The summed E-state index contributed by atoms with van der Waals surface area (Å²) in [6.45, 7) is 4.48. The quantitative estimate of drug-likeness (QED) is 0.557. The monoisotopic (exact) mass is 356 g/mol. The fourth-order valence-electron chi connectivity index (χ4n) is 3.28. The normalized spacial score (nSPS) is 10.9. The minimum atomic E-state index is -0.143. The van der Waals surface area contributed by atoms with Gasteiger partial charge in [0.15, 0.2) is 0 Å². The minimum Gasteiger partial charge on any atom is -0.467 e. The lowest BCUT2D eigenvalue weighted by Gasteiger charge is -2.12. The van der Waals surface area contributed by atoms with Gasteiger partial charge in [0.2, 0.25) is 0 Å². The van der Waals surface area contributed by atoms with Crippen LogP contribution in [0.15, 0.2) is 71.3 Å². The fraction of sp³-hybridized carbons (Fsp3) is 0.130. The number of hydrogen-bond donors (Lipinski definition) is 1. The third-order valence-corrected chi connectivity index (χ3v) is 4.62. The first kappa shape index (κ1) is 17.0. The van der Waals surface area contributed by atoms with E-state index < -0.39 is 0 Å². The molecule has 2 aromatic carbocycles. The van der Waals surface area contributed by atoms with Gasteiger partial charge in [-0.2, -0.15) is 0 Å². The van der Waals surface area contributed by atoms with Gasteiger partial charge in [0.1, 0.15) is 5.76 Å². The van der Waals surface area contributed by atoms with Crippen molar-refractivity contribution in [3.63, 3.8) is 0 Å². The van der Waals surface area contributed by atoms with E-state index in [0.717, 1.165) is 33.5 Å². The average molecular weight is 356 g/mol. The van der Waals surface area contributed by atoms with Crippen molar-refractivity contribution in [1.29, 1.82) is 0 Å². The van der Waals surface area contributed by atoms with Crippen molar-refractivity contribution in [3.8, 4) is 11.3 Å². The summed E-state index contributed by atoms with van der Waals surface area (Å²) >= 11 is 0. The Kier molecular flexibility index (Phi) is 4.47. The van der Waals surface area contributed by atoms with Crippen molar-refractivity contribution >= 4 is 16.8 Å². The molecule has 0 fully saturated rings. The standard InChI is InChI=1S/C23H20N2O2/c1-15-9-10-18(16(2)12-15)22-13-20(19-7-3-4-8-21(19)25-22)23(26)24-14-17-6-5-11-27-17/h3-13H,14H2,1-2H3,(H,24,26). The van der Waals surface area contributed by atoms with Crippen LogP contribution in [-0.2, 0) is 6.54 Å². The third kappa shape index (κ3) is 3.47. The van der Waals surface area contributed by atoms with E-state index in [0.29, 0.717) is 12.1 Å². The summed E-state index contributed by atoms with van der Waals surface area (Å²) in [6.07, 6.45) is 1.60. The molecule has 0 radical (unpaired) electrons. The molecule has 4 aromatic rings. The van der Waals surface area contributed by atoms with Crippen LogP contribution in [-0.4, -0.2) is 10.9 Å². The zero-order valence-electron chi connectivity index (χ0n) is 15.3. The molecule has 1 amide bonds. The van der Waals surface area contributed by atoms with Crippen LogP contribution in [0.25, 0.3) is 22.2 Å². The molecule has 0 atom stereocenters. The predicted molar refractivity (Wildman–Crippen MR) is 107 cm³/mol. The van der Waals surface area contributed by atoms with Gasteiger partial charge < -0.3 is 9.73 Å². The predicted octanol–water partition coefficient (Wildman–Crippen LogP) is 5.04. The number of nitrogens with zero attached hydrogens (tertiary/aromatic N) is 1. The largest absolute Gasteiger partial charge is 0.467 e. The second-order valence-corrected chi connectivity index (χ2v) is 6.65. The molecule has 2 aromatic heterocycles. The number of amides is 1. The number of para-hydroxylation sites is 1. The second-order valence-electron chi connectivity index (χ2n) is 6.65. The number of pyridine rings is 1. The zero-order chi connectivity index (χ0) is 18.8. The molecule has 1 N–H and O–H groups in total. The SMILES string of the molecule is Cc1ccc(-c2cc(C(=O)NCc3ccco3)c3ccccc3n2)c(C)c1. The molecule has 0 aliphatic heterocycles. The van der Waals surface area contributed by atoms with Gasteiger partial charge in [-0.1, -0.05) is 42.0 Å². The molecule has 0 aliphatic carbocycles. The Morgan fingerprint density at radius 2 is 1.89 bits per heavy atom. The lowest BCUT2D eigenvalue weighted by atomic mass is 9.99. The van der Waals surface area contributed by atoms with Gasteiger partial charge in [-0.15, -0.1) is 0 Å². The van der Waals surface area contributed by atoms with Crippen LogP contribution in [0, 0.1) is 13.8 Å². The number of furan rings is 1. The molecule has 0 unspecified atom stereocenters. The first-order valence-corrected chi connectivity index (χ1v) is 8.90. The smallest absolute Gasteiger partial charge is 0.252 e. The second kappa shape index (κ2) is 7.08. The molecule has 0 bridgehead atoms. The third-order valence-electron chi connectivity index (χ3n) is 4.62. The van der Waals surface area contributed by atoms with Gasteiger partial charge in [0.25, 0.3) is 5.91 Å². The number of fused-ring (bicyclic) bond motifs is 1. The van der Waals surface area contributed by atoms with Crippen molar-refractivity contribution in [2.75, 3.05) is 0 Å². The molecule has 27 heavy (non-hydrogen) atoms. The molecule has 0 saturated carbocycles. The van der Waals surface area contributed by atoms with Crippen molar-refractivity contribution in [2.24, 2.45) is 0 Å². The molecule has 0 spiro atoms. The molecule has 4 rings (SSSR count).